The summed E-state index contributed by atoms with van der Waals surface area (Å²) >= 11 is 0. The van der Waals surface area contributed by atoms with Gasteiger partial charge in [0.2, 0.25) is 0 Å². The average molecular weight is 270 g/mol. The smallest absolute Gasteiger partial charge is 0.0130 e. The van der Waals surface area contributed by atoms with E-state index in [1.54, 1.807) is 22.3 Å². The van der Waals surface area contributed by atoms with Crippen molar-refractivity contribution in [2.24, 2.45) is 0 Å². The molecule has 0 radical (unpaired) electrons. The van der Waals surface area contributed by atoms with Crippen LogP contribution in [-0.4, -0.2) is 0 Å². The normalized spacial score (nSPS) is 17.9. The van der Waals surface area contributed by atoms with E-state index < -0.39 is 0 Å². The predicted octanol–water partition coefficient (Wildman–Crippen LogP) is 6.66. The van der Waals surface area contributed by atoms with Crippen molar-refractivity contribution in [2.75, 3.05) is 0 Å². The molecule has 0 aliphatic heterocycles. The second-order valence-corrected chi connectivity index (χ2v) is 6.28. The number of hydrogen-bond acceptors (Lipinski definition) is 0. The summed E-state index contributed by atoms with van der Waals surface area (Å²) < 4.78 is 0. The Morgan fingerprint density at radius 2 is 1.15 bits per heavy atom. The molecule has 2 aliphatic carbocycles. The van der Waals surface area contributed by atoms with Crippen molar-refractivity contribution in [3.8, 4) is 0 Å². The van der Waals surface area contributed by atoms with Gasteiger partial charge in [-0.1, -0.05) is 73.3 Å². The molecule has 0 amide bonds. The summed E-state index contributed by atoms with van der Waals surface area (Å²) in [5.74, 6) is 0. The maximum Gasteiger partial charge on any atom is -0.0130 e. The minimum Gasteiger partial charge on any atom is -0.0772 e. The number of allylic oxidation sites excluding steroid dienone is 8. The zero-order chi connectivity index (χ0) is 14.2. The van der Waals surface area contributed by atoms with Gasteiger partial charge in [0.05, 0.1) is 0 Å². The Morgan fingerprint density at radius 3 is 1.55 bits per heavy atom. The molecule has 0 aromatic carbocycles. The summed E-state index contributed by atoms with van der Waals surface area (Å²) in [6.07, 6.45) is 22.6. The van der Waals surface area contributed by atoms with Crippen LogP contribution in [0.25, 0.3) is 0 Å². The third-order valence-corrected chi connectivity index (χ3v) is 4.44. The highest BCUT2D eigenvalue weighted by molar-refractivity contribution is 5.35. The Morgan fingerprint density at radius 1 is 0.700 bits per heavy atom. The first-order valence-corrected chi connectivity index (χ1v) is 8.58. The Labute approximate surface area is 125 Å². The predicted molar refractivity (Wildman–Crippen MR) is 89.9 cm³/mol. The van der Waals surface area contributed by atoms with Crippen molar-refractivity contribution in [3.05, 3.63) is 46.6 Å². The van der Waals surface area contributed by atoms with Crippen LogP contribution in [0.1, 0.15) is 78.1 Å². The average Bonchev–Trinajstić information content (AvgIpc) is 3.10. The van der Waals surface area contributed by atoms with Gasteiger partial charge in [0, 0.05) is 0 Å². The fraction of sp³-hybridized carbons (Fsp3) is 0.600. The van der Waals surface area contributed by atoms with E-state index in [4.69, 9.17) is 0 Å². The summed E-state index contributed by atoms with van der Waals surface area (Å²) in [5, 5.41) is 0. The first kappa shape index (κ1) is 15.4. The van der Waals surface area contributed by atoms with Gasteiger partial charge in [-0.3, -0.25) is 0 Å². The molecule has 0 saturated heterocycles. The van der Waals surface area contributed by atoms with Crippen LogP contribution in [0.3, 0.4) is 0 Å². The first-order valence-electron chi connectivity index (χ1n) is 8.58. The Balaban J connectivity index is 1.70. The third kappa shape index (κ3) is 4.81. The van der Waals surface area contributed by atoms with Crippen LogP contribution in [0.2, 0.25) is 0 Å². The van der Waals surface area contributed by atoms with E-state index in [1.807, 2.05) is 0 Å². The van der Waals surface area contributed by atoms with Crippen molar-refractivity contribution < 1.29 is 0 Å². The van der Waals surface area contributed by atoms with Crippen molar-refractivity contribution in [2.45, 2.75) is 78.1 Å². The summed E-state index contributed by atoms with van der Waals surface area (Å²) in [5.41, 5.74) is 6.48. The van der Waals surface area contributed by atoms with E-state index in [-0.39, 0.29) is 0 Å². The van der Waals surface area contributed by atoms with Crippen LogP contribution in [0.5, 0.6) is 0 Å². The molecule has 0 unspecified atom stereocenters. The summed E-state index contributed by atoms with van der Waals surface area (Å²) in [6.45, 7) is 4.55. The molecule has 0 saturated carbocycles. The third-order valence-electron chi connectivity index (χ3n) is 4.44. The van der Waals surface area contributed by atoms with Crippen LogP contribution < -0.4 is 0 Å². The molecule has 0 heterocycles. The molecular formula is C20H30. The molecule has 0 aromatic heterocycles. The van der Waals surface area contributed by atoms with Crippen LogP contribution in [0, 0.1) is 0 Å². The van der Waals surface area contributed by atoms with Gasteiger partial charge in [-0.15, -0.1) is 0 Å². The lowest BCUT2D eigenvalue weighted by atomic mass is 10.0. The van der Waals surface area contributed by atoms with E-state index in [0.717, 1.165) is 0 Å². The van der Waals surface area contributed by atoms with Crippen LogP contribution in [0.4, 0.5) is 0 Å². The summed E-state index contributed by atoms with van der Waals surface area (Å²) in [4.78, 5) is 0. The molecule has 0 N–H and O–H groups in total. The van der Waals surface area contributed by atoms with Gasteiger partial charge in [0.25, 0.3) is 0 Å². The van der Waals surface area contributed by atoms with E-state index >= 15 is 0 Å². The van der Waals surface area contributed by atoms with Crippen molar-refractivity contribution in [1.29, 1.82) is 0 Å². The molecule has 110 valence electrons. The Kier molecular flexibility index (Phi) is 6.36. The Bertz CT molecular complexity index is 387. The minimum absolute atomic E-state index is 1.21. The number of rotatable bonds is 9. The maximum absolute atomic E-state index is 2.47. The van der Waals surface area contributed by atoms with Crippen LogP contribution in [-0.2, 0) is 0 Å². The van der Waals surface area contributed by atoms with Crippen molar-refractivity contribution >= 4 is 0 Å². The zero-order valence-corrected chi connectivity index (χ0v) is 13.4. The largest absolute Gasteiger partial charge is 0.0772 e. The molecule has 0 spiro atoms. The van der Waals surface area contributed by atoms with E-state index in [0.29, 0.717) is 0 Å². The second kappa shape index (κ2) is 8.29. The molecule has 0 atom stereocenters. The second-order valence-electron chi connectivity index (χ2n) is 6.28. The quantitative estimate of drug-likeness (QED) is 0.439. The molecule has 0 nitrogen and oxygen atoms in total. The Hall–Kier alpha value is -1.04. The lowest BCUT2D eigenvalue weighted by molar-refractivity contribution is 0.798. The number of hydrogen-bond donors (Lipinski definition) is 0. The molecule has 20 heavy (non-hydrogen) atoms. The lowest BCUT2D eigenvalue weighted by Gasteiger charge is -2.03. The molecule has 0 aromatic rings. The maximum atomic E-state index is 2.47. The van der Waals surface area contributed by atoms with E-state index in [2.05, 4.69) is 38.2 Å². The zero-order valence-electron chi connectivity index (χ0n) is 13.4. The van der Waals surface area contributed by atoms with Crippen molar-refractivity contribution in [3.63, 3.8) is 0 Å². The molecule has 2 aliphatic rings. The van der Waals surface area contributed by atoms with Gasteiger partial charge >= 0.3 is 0 Å². The summed E-state index contributed by atoms with van der Waals surface area (Å²) in [6, 6.07) is 0. The van der Waals surface area contributed by atoms with E-state index in [1.165, 1.54) is 64.2 Å². The van der Waals surface area contributed by atoms with Gasteiger partial charge in [0.15, 0.2) is 0 Å². The standard InChI is InChI=1S/C20H30/c1-3-5-7-17-9-11-19(15-17)13-14-20-12-10-18(16-20)8-6-4-2/h9-10,15-16H,3-8,11-14H2,1-2H3. The molecule has 0 bridgehead atoms. The van der Waals surface area contributed by atoms with Gasteiger partial charge in [0.1, 0.15) is 0 Å². The number of unbranched alkanes of at least 4 members (excludes halogenated alkanes) is 2. The fourth-order valence-corrected chi connectivity index (χ4v) is 3.06. The highest BCUT2D eigenvalue weighted by Gasteiger charge is 2.10. The first-order chi connectivity index (χ1) is 9.81. The molecule has 0 fully saturated rings. The summed E-state index contributed by atoms with van der Waals surface area (Å²) in [7, 11) is 0. The van der Waals surface area contributed by atoms with Gasteiger partial charge in [-0.25, -0.2) is 0 Å². The van der Waals surface area contributed by atoms with Gasteiger partial charge < -0.3 is 0 Å². The SMILES string of the molecule is CCCCC1=CCC(CCC2=CC(CCCC)=CC2)=C1. The monoisotopic (exact) mass is 270 g/mol. The van der Waals surface area contributed by atoms with Crippen LogP contribution in [0.15, 0.2) is 46.6 Å². The fourth-order valence-electron chi connectivity index (χ4n) is 3.06. The van der Waals surface area contributed by atoms with Crippen molar-refractivity contribution in [1.82, 2.24) is 0 Å². The molecular weight excluding hydrogens is 240 g/mol. The molecule has 2 rings (SSSR count). The van der Waals surface area contributed by atoms with Gasteiger partial charge in [-0.2, -0.15) is 0 Å². The highest BCUT2D eigenvalue weighted by Crippen LogP contribution is 2.30. The van der Waals surface area contributed by atoms with Gasteiger partial charge in [-0.05, 0) is 51.4 Å². The topological polar surface area (TPSA) is 0 Å². The lowest BCUT2D eigenvalue weighted by Crippen LogP contribution is -1.83. The van der Waals surface area contributed by atoms with Crippen LogP contribution >= 0.6 is 0 Å². The molecule has 0 heteroatoms. The minimum atomic E-state index is 1.21. The highest BCUT2D eigenvalue weighted by atomic mass is 14.2. The van der Waals surface area contributed by atoms with E-state index in [9.17, 15) is 0 Å².